The molecule has 1 nitrogen and oxygen atoms in total. The van der Waals surface area contributed by atoms with E-state index >= 15 is 0 Å². The maximum Gasteiger partial charge on any atom is 0.111 e. The summed E-state index contributed by atoms with van der Waals surface area (Å²) in [6.07, 6.45) is 2.27. The molecule has 4 heteroatoms. The molecule has 0 atom stereocenters. The molecule has 0 saturated heterocycles. The zero-order valence-corrected chi connectivity index (χ0v) is 15.1. The van der Waals surface area contributed by atoms with Gasteiger partial charge in [0, 0.05) is 14.5 Å². The lowest BCUT2D eigenvalue weighted by Gasteiger charge is -2.11. The second kappa shape index (κ2) is 7.34. The van der Waals surface area contributed by atoms with Gasteiger partial charge in [-0.2, -0.15) is 0 Å². The number of hydrogen-bond acceptors (Lipinski definition) is 1. The third-order valence-corrected chi connectivity index (χ3v) is 4.42. The lowest BCUT2D eigenvalue weighted by Crippen LogP contribution is -2.10. The van der Waals surface area contributed by atoms with Gasteiger partial charge in [0.2, 0.25) is 0 Å². The zero-order chi connectivity index (χ0) is 14.5. The molecule has 0 heterocycles. The van der Waals surface area contributed by atoms with E-state index in [1.165, 1.54) is 5.56 Å². The summed E-state index contributed by atoms with van der Waals surface area (Å²) in [7, 11) is 0. The number of benzene rings is 2. The molecule has 0 bridgehead atoms. The minimum atomic E-state index is 0.732. The summed E-state index contributed by atoms with van der Waals surface area (Å²) in [5.41, 5.74) is 3.36. The highest BCUT2D eigenvalue weighted by molar-refractivity contribution is 9.11. The van der Waals surface area contributed by atoms with E-state index in [1.807, 2.05) is 18.2 Å². The SMILES string of the molecule is CCCc1ccc(C(=S)Nc2ccc(Br)cc2Br)cc1. The first kappa shape index (κ1) is 15.7. The Morgan fingerprint density at radius 1 is 1.10 bits per heavy atom. The summed E-state index contributed by atoms with van der Waals surface area (Å²) in [5.74, 6) is 0. The van der Waals surface area contributed by atoms with Crippen molar-refractivity contribution in [3.63, 3.8) is 0 Å². The average Bonchev–Trinajstić information content (AvgIpc) is 2.43. The van der Waals surface area contributed by atoms with Crippen molar-refractivity contribution in [1.82, 2.24) is 0 Å². The third kappa shape index (κ3) is 4.14. The largest absolute Gasteiger partial charge is 0.345 e. The van der Waals surface area contributed by atoms with E-state index in [0.717, 1.165) is 38.0 Å². The van der Waals surface area contributed by atoms with Crippen molar-refractivity contribution in [2.75, 3.05) is 5.32 Å². The maximum absolute atomic E-state index is 5.46. The van der Waals surface area contributed by atoms with E-state index in [0.29, 0.717) is 0 Å². The van der Waals surface area contributed by atoms with Crippen LogP contribution in [0.15, 0.2) is 51.4 Å². The zero-order valence-electron chi connectivity index (χ0n) is 11.1. The summed E-state index contributed by atoms with van der Waals surface area (Å²) in [4.78, 5) is 0.732. The van der Waals surface area contributed by atoms with Crippen LogP contribution in [0.3, 0.4) is 0 Å². The van der Waals surface area contributed by atoms with E-state index in [1.54, 1.807) is 0 Å². The molecular weight excluding hydrogens is 398 g/mol. The van der Waals surface area contributed by atoms with Crippen molar-refractivity contribution in [3.8, 4) is 0 Å². The van der Waals surface area contributed by atoms with Crippen molar-refractivity contribution in [2.24, 2.45) is 0 Å². The topological polar surface area (TPSA) is 12.0 Å². The molecule has 1 N–H and O–H groups in total. The Labute approximate surface area is 142 Å². The van der Waals surface area contributed by atoms with E-state index in [9.17, 15) is 0 Å². The van der Waals surface area contributed by atoms with Crippen LogP contribution >= 0.6 is 44.1 Å². The standard InChI is InChI=1S/C16H15Br2NS/c1-2-3-11-4-6-12(7-5-11)16(20)19-15-9-8-13(17)10-14(15)18/h4-10H,2-3H2,1H3,(H,19,20). The van der Waals surface area contributed by atoms with Crippen molar-refractivity contribution >= 4 is 54.8 Å². The molecular formula is C16H15Br2NS. The van der Waals surface area contributed by atoms with Gasteiger partial charge in [-0.3, -0.25) is 0 Å². The number of rotatable bonds is 4. The van der Waals surface area contributed by atoms with Gasteiger partial charge >= 0.3 is 0 Å². The van der Waals surface area contributed by atoms with Crippen LogP contribution in [0.1, 0.15) is 24.5 Å². The summed E-state index contributed by atoms with van der Waals surface area (Å²) in [5, 5.41) is 3.27. The van der Waals surface area contributed by atoms with Crippen LogP contribution in [0.5, 0.6) is 0 Å². The molecule has 0 unspecified atom stereocenters. The quantitative estimate of drug-likeness (QED) is 0.622. The average molecular weight is 413 g/mol. The first-order chi connectivity index (χ1) is 9.60. The molecule has 2 aromatic rings. The van der Waals surface area contributed by atoms with Gasteiger partial charge in [0.25, 0.3) is 0 Å². The van der Waals surface area contributed by atoms with E-state index < -0.39 is 0 Å². The molecule has 0 spiro atoms. The van der Waals surface area contributed by atoms with Crippen LogP contribution < -0.4 is 5.32 Å². The van der Waals surface area contributed by atoms with Crippen LogP contribution in [0.4, 0.5) is 5.69 Å². The molecule has 0 radical (unpaired) electrons. The van der Waals surface area contributed by atoms with Crippen molar-refractivity contribution in [3.05, 3.63) is 62.5 Å². The molecule has 0 aliphatic carbocycles. The van der Waals surface area contributed by atoms with Crippen LogP contribution in [-0.2, 0) is 6.42 Å². The third-order valence-electron chi connectivity index (χ3n) is 2.93. The smallest absolute Gasteiger partial charge is 0.111 e. The molecule has 0 fully saturated rings. The number of halogens is 2. The minimum Gasteiger partial charge on any atom is -0.345 e. The fourth-order valence-corrected chi connectivity index (χ4v) is 3.29. The van der Waals surface area contributed by atoms with E-state index in [-0.39, 0.29) is 0 Å². The molecule has 104 valence electrons. The van der Waals surface area contributed by atoms with Crippen molar-refractivity contribution in [1.29, 1.82) is 0 Å². The van der Waals surface area contributed by atoms with E-state index in [2.05, 4.69) is 68.4 Å². The minimum absolute atomic E-state index is 0.732. The number of thiocarbonyl (C=S) groups is 1. The summed E-state index contributed by atoms with van der Waals surface area (Å²) in [6, 6.07) is 14.4. The molecule has 0 aliphatic heterocycles. The molecule has 0 aromatic heterocycles. The molecule has 20 heavy (non-hydrogen) atoms. The Bertz CT molecular complexity index is 608. The predicted molar refractivity (Wildman–Crippen MR) is 97.6 cm³/mol. The van der Waals surface area contributed by atoms with Gasteiger partial charge < -0.3 is 5.32 Å². The first-order valence-electron chi connectivity index (χ1n) is 6.45. The molecule has 2 rings (SSSR count). The van der Waals surface area contributed by atoms with Crippen molar-refractivity contribution < 1.29 is 0 Å². The van der Waals surface area contributed by atoms with Gasteiger partial charge in [-0.05, 0) is 46.1 Å². The Hall–Kier alpha value is -0.710. The van der Waals surface area contributed by atoms with Crippen LogP contribution in [0, 0.1) is 0 Å². The molecule has 0 saturated carbocycles. The molecule has 2 aromatic carbocycles. The van der Waals surface area contributed by atoms with Crippen LogP contribution in [0.25, 0.3) is 0 Å². The lowest BCUT2D eigenvalue weighted by molar-refractivity contribution is 0.922. The predicted octanol–water partition coefficient (Wildman–Crippen LogP) is 5.95. The van der Waals surface area contributed by atoms with Crippen molar-refractivity contribution in [2.45, 2.75) is 19.8 Å². The molecule has 0 aliphatic rings. The normalized spacial score (nSPS) is 10.3. The Morgan fingerprint density at radius 3 is 2.40 bits per heavy atom. The summed E-state index contributed by atoms with van der Waals surface area (Å²) < 4.78 is 2.02. The fourth-order valence-electron chi connectivity index (χ4n) is 1.90. The Kier molecular flexibility index (Phi) is 5.75. The number of aryl methyl sites for hydroxylation is 1. The van der Waals surface area contributed by atoms with Gasteiger partial charge in [-0.1, -0.05) is 65.8 Å². The van der Waals surface area contributed by atoms with Crippen LogP contribution in [0.2, 0.25) is 0 Å². The van der Waals surface area contributed by atoms with Gasteiger partial charge in [-0.15, -0.1) is 0 Å². The highest BCUT2D eigenvalue weighted by Crippen LogP contribution is 2.26. The molecule has 0 amide bonds. The Morgan fingerprint density at radius 2 is 1.80 bits per heavy atom. The number of nitrogens with one attached hydrogen (secondary N) is 1. The van der Waals surface area contributed by atoms with Gasteiger partial charge in [0.05, 0.1) is 5.69 Å². The first-order valence-corrected chi connectivity index (χ1v) is 8.45. The number of anilines is 1. The second-order valence-electron chi connectivity index (χ2n) is 4.53. The monoisotopic (exact) mass is 411 g/mol. The lowest BCUT2D eigenvalue weighted by atomic mass is 10.1. The van der Waals surface area contributed by atoms with Gasteiger partial charge in [-0.25, -0.2) is 0 Å². The Balaban J connectivity index is 2.11. The van der Waals surface area contributed by atoms with Crippen LogP contribution in [-0.4, -0.2) is 4.99 Å². The van der Waals surface area contributed by atoms with Gasteiger partial charge in [0.1, 0.15) is 4.99 Å². The summed E-state index contributed by atoms with van der Waals surface area (Å²) in [6.45, 7) is 2.19. The van der Waals surface area contributed by atoms with E-state index in [4.69, 9.17) is 12.2 Å². The number of hydrogen-bond donors (Lipinski definition) is 1. The fraction of sp³-hybridized carbons (Fsp3) is 0.188. The maximum atomic E-state index is 5.46. The van der Waals surface area contributed by atoms with Gasteiger partial charge in [0.15, 0.2) is 0 Å². The highest BCUT2D eigenvalue weighted by atomic mass is 79.9. The second-order valence-corrected chi connectivity index (χ2v) is 6.70. The highest BCUT2D eigenvalue weighted by Gasteiger charge is 2.05. The summed E-state index contributed by atoms with van der Waals surface area (Å²) >= 11 is 12.4.